The maximum absolute atomic E-state index is 13.1. The molecule has 4 rings (SSSR count). The lowest BCUT2D eigenvalue weighted by atomic mass is 9.95. The molecule has 1 saturated heterocycles. The molecule has 0 aliphatic carbocycles. The van der Waals surface area contributed by atoms with Crippen LogP contribution in [0.25, 0.3) is 10.6 Å². The first kappa shape index (κ1) is 23.1. The summed E-state index contributed by atoms with van der Waals surface area (Å²) in [4.78, 5) is 29.6. The Balaban J connectivity index is 1.27. The number of hydrogen-bond donors (Lipinski definition) is 1. The maximum atomic E-state index is 13.1. The zero-order valence-electron chi connectivity index (χ0n) is 19.0. The van der Waals surface area contributed by atoms with E-state index in [2.05, 4.69) is 20.4 Å². The summed E-state index contributed by atoms with van der Waals surface area (Å²) in [6, 6.07) is 18.0. The Morgan fingerprint density at radius 3 is 2.48 bits per heavy atom. The van der Waals surface area contributed by atoms with E-state index in [9.17, 15) is 9.59 Å². The summed E-state index contributed by atoms with van der Waals surface area (Å²) in [7, 11) is 0. The Hall–Kier alpha value is -3.10. The molecule has 8 heteroatoms. The smallest absolute Gasteiger partial charge is 0.240 e. The quantitative estimate of drug-likeness (QED) is 0.577. The van der Waals surface area contributed by atoms with Gasteiger partial charge >= 0.3 is 0 Å². The van der Waals surface area contributed by atoms with E-state index in [1.165, 1.54) is 11.3 Å². The standard InChI is InChI=1S/C25H29N5O2S/c1-3-21(19-9-5-4-6-10-19)24(32)30-14-12-29(13-15-30)17-22(31)26-25-28-27-23(33-25)20-11-7-8-18(2)16-20/h4-11,16,21H,3,12-15,17H2,1-2H3,(H,26,28,31)/t21-/m0/s1. The third kappa shape index (κ3) is 5.83. The molecule has 2 aromatic carbocycles. The highest BCUT2D eigenvalue weighted by Crippen LogP contribution is 2.27. The number of carbonyl (C=O) groups is 2. The van der Waals surface area contributed by atoms with Gasteiger partial charge in [0.1, 0.15) is 5.01 Å². The molecule has 0 bridgehead atoms. The van der Waals surface area contributed by atoms with E-state index in [0.717, 1.165) is 28.1 Å². The Kier molecular flexibility index (Phi) is 7.47. The van der Waals surface area contributed by atoms with E-state index in [0.29, 0.717) is 31.3 Å². The number of carbonyl (C=O) groups excluding carboxylic acids is 2. The molecule has 3 aromatic rings. The lowest BCUT2D eigenvalue weighted by Gasteiger charge is -2.36. The summed E-state index contributed by atoms with van der Waals surface area (Å²) in [6.45, 7) is 6.97. The third-order valence-electron chi connectivity index (χ3n) is 5.90. The van der Waals surface area contributed by atoms with E-state index in [4.69, 9.17) is 0 Å². The zero-order chi connectivity index (χ0) is 23.2. The lowest BCUT2D eigenvalue weighted by molar-refractivity contribution is -0.134. The molecule has 1 aliphatic heterocycles. The summed E-state index contributed by atoms with van der Waals surface area (Å²) in [5.74, 6) is -0.0520. The van der Waals surface area contributed by atoms with Crippen LogP contribution in [0, 0.1) is 6.92 Å². The fraction of sp³-hybridized carbons (Fsp3) is 0.360. The summed E-state index contributed by atoms with van der Waals surface area (Å²) >= 11 is 1.37. The Bertz CT molecular complexity index is 1090. The number of hydrogen-bond acceptors (Lipinski definition) is 6. The van der Waals surface area contributed by atoms with Crippen molar-refractivity contribution in [2.24, 2.45) is 0 Å². The fourth-order valence-electron chi connectivity index (χ4n) is 4.12. The molecule has 0 radical (unpaired) electrons. The molecule has 1 aliphatic rings. The Morgan fingerprint density at radius 2 is 1.79 bits per heavy atom. The van der Waals surface area contributed by atoms with Gasteiger partial charge in [0.15, 0.2) is 0 Å². The van der Waals surface area contributed by atoms with Crippen molar-refractivity contribution >= 4 is 28.3 Å². The molecule has 0 saturated carbocycles. The Labute approximate surface area is 198 Å². The molecular weight excluding hydrogens is 434 g/mol. The highest BCUT2D eigenvalue weighted by Gasteiger charge is 2.28. The van der Waals surface area contributed by atoms with Gasteiger partial charge in [-0.1, -0.05) is 72.4 Å². The van der Waals surface area contributed by atoms with Crippen LogP contribution in [0.5, 0.6) is 0 Å². The molecule has 1 N–H and O–H groups in total. The second kappa shape index (κ2) is 10.7. The first-order valence-corrected chi connectivity index (χ1v) is 12.1. The Morgan fingerprint density at radius 1 is 1.03 bits per heavy atom. The number of amides is 2. The molecule has 7 nitrogen and oxygen atoms in total. The summed E-state index contributed by atoms with van der Waals surface area (Å²) in [6.07, 6.45) is 0.776. The number of benzene rings is 2. The first-order chi connectivity index (χ1) is 16.0. The largest absolute Gasteiger partial charge is 0.340 e. The van der Waals surface area contributed by atoms with Crippen LogP contribution in [0.3, 0.4) is 0 Å². The molecular formula is C25H29N5O2S. The number of aromatic nitrogens is 2. The number of piperazine rings is 1. The van der Waals surface area contributed by atoms with Crippen LogP contribution in [0.4, 0.5) is 5.13 Å². The van der Waals surface area contributed by atoms with Crippen LogP contribution in [0.1, 0.15) is 30.4 Å². The van der Waals surface area contributed by atoms with E-state index >= 15 is 0 Å². The van der Waals surface area contributed by atoms with E-state index < -0.39 is 0 Å². The summed E-state index contributed by atoms with van der Waals surface area (Å²) in [5.41, 5.74) is 3.21. The second-order valence-electron chi connectivity index (χ2n) is 8.30. The normalized spacial score (nSPS) is 15.3. The molecule has 0 spiro atoms. The van der Waals surface area contributed by atoms with Gasteiger partial charge in [0.25, 0.3) is 0 Å². The molecule has 33 heavy (non-hydrogen) atoms. The average molecular weight is 464 g/mol. The molecule has 1 fully saturated rings. The third-order valence-corrected chi connectivity index (χ3v) is 6.78. The van der Waals surface area contributed by atoms with Crippen LogP contribution < -0.4 is 5.32 Å². The fourth-order valence-corrected chi connectivity index (χ4v) is 4.87. The van der Waals surface area contributed by atoms with Crippen molar-refractivity contribution < 1.29 is 9.59 Å². The number of rotatable bonds is 7. The van der Waals surface area contributed by atoms with Gasteiger partial charge in [-0.05, 0) is 25.0 Å². The van der Waals surface area contributed by atoms with Gasteiger partial charge in [0.2, 0.25) is 16.9 Å². The minimum Gasteiger partial charge on any atom is -0.340 e. The van der Waals surface area contributed by atoms with Gasteiger partial charge in [-0.2, -0.15) is 0 Å². The van der Waals surface area contributed by atoms with Crippen molar-refractivity contribution in [1.82, 2.24) is 20.0 Å². The van der Waals surface area contributed by atoms with Gasteiger partial charge in [-0.15, -0.1) is 10.2 Å². The highest BCUT2D eigenvalue weighted by molar-refractivity contribution is 7.18. The molecule has 2 heterocycles. The van der Waals surface area contributed by atoms with Crippen molar-refractivity contribution in [3.8, 4) is 10.6 Å². The zero-order valence-corrected chi connectivity index (χ0v) is 19.8. The van der Waals surface area contributed by atoms with Crippen molar-refractivity contribution in [2.45, 2.75) is 26.2 Å². The van der Waals surface area contributed by atoms with Crippen molar-refractivity contribution in [3.05, 3.63) is 65.7 Å². The number of aryl methyl sites for hydroxylation is 1. The maximum Gasteiger partial charge on any atom is 0.240 e. The minimum absolute atomic E-state index is 0.110. The minimum atomic E-state index is -0.113. The van der Waals surface area contributed by atoms with E-state index in [1.54, 1.807) is 0 Å². The summed E-state index contributed by atoms with van der Waals surface area (Å²) in [5, 5.41) is 12.5. The molecule has 1 atom stereocenters. The average Bonchev–Trinajstić information content (AvgIpc) is 3.29. The number of anilines is 1. The first-order valence-electron chi connectivity index (χ1n) is 11.3. The van der Waals surface area contributed by atoms with Gasteiger partial charge in [0.05, 0.1) is 12.5 Å². The van der Waals surface area contributed by atoms with Crippen LogP contribution >= 0.6 is 11.3 Å². The van der Waals surface area contributed by atoms with Crippen molar-refractivity contribution in [2.75, 3.05) is 38.0 Å². The molecule has 1 aromatic heterocycles. The topological polar surface area (TPSA) is 78.4 Å². The lowest BCUT2D eigenvalue weighted by Crippen LogP contribution is -2.51. The van der Waals surface area contributed by atoms with Gasteiger partial charge < -0.3 is 4.90 Å². The predicted molar refractivity (Wildman–Crippen MR) is 131 cm³/mol. The molecule has 172 valence electrons. The summed E-state index contributed by atoms with van der Waals surface area (Å²) < 4.78 is 0. The van der Waals surface area contributed by atoms with E-state index in [1.807, 2.05) is 73.3 Å². The van der Waals surface area contributed by atoms with E-state index in [-0.39, 0.29) is 24.3 Å². The van der Waals surface area contributed by atoms with Crippen molar-refractivity contribution in [1.29, 1.82) is 0 Å². The monoisotopic (exact) mass is 463 g/mol. The van der Waals surface area contributed by atoms with Gasteiger partial charge in [-0.3, -0.25) is 19.8 Å². The SMILES string of the molecule is CC[C@H](C(=O)N1CCN(CC(=O)Nc2nnc(-c3cccc(C)c3)s2)CC1)c1ccccc1. The second-order valence-corrected chi connectivity index (χ2v) is 9.28. The van der Waals surface area contributed by atoms with Crippen LogP contribution in [-0.4, -0.2) is 64.5 Å². The molecule has 2 amide bonds. The van der Waals surface area contributed by atoms with Gasteiger partial charge in [-0.25, -0.2) is 0 Å². The van der Waals surface area contributed by atoms with Crippen LogP contribution in [0.2, 0.25) is 0 Å². The van der Waals surface area contributed by atoms with Gasteiger partial charge in [0, 0.05) is 31.7 Å². The number of nitrogens with zero attached hydrogens (tertiary/aromatic N) is 4. The highest BCUT2D eigenvalue weighted by atomic mass is 32.1. The predicted octanol–water partition coefficient (Wildman–Crippen LogP) is 3.79. The van der Waals surface area contributed by atoms with Crippen molar-refractivity contribution in [3.63, 3.8) is 0 Å². The van der Waals surface area contributed by atoms with Crippen LogP contribution in [-0.2, 0) is 9.59 Å². The van der Waals surface area contributed by atoms with Crippen LogP contribution in [0.15, 0.2) is 54.6 Å². The number of nitrogens with one attached hydrogen (secondary N) is 1. The molecule has 0 unspecified atom stereocenters.